The molecular formula is C28H31NO2. The smallest absolute Gasteiger partial charge is 0.128 e. The largest absolute Gasteiger partial charge is 0.507 e. The molecule has 0 aliphatic rings. The molecule has 3 aromatic rings. The number of hydrogen-bond donors (Lipinski definition) is 2. The molecule has 1 atom stereocenters. The number of phenolic OH excluding ortho intramolecular Hbond substituents is 1. The van der Waals surface area contributed by atoms with Crippen LogP contribution in [0.4, 0.5) is 0 Å². The van der Waals surface area contributed by atoms with Crippen molar-refractivity contribution in [2.75, 3.05) is 13.6 Å². The van der Waals surface area contributed by atoms with E-state index >= 15 is 0 Å². The fourth-order valence-corrected chi connectivity index (χ4v) is 3.60. The third-order valence-corrected chi connectivity index (χ3v) is 5.14. The van der Waals surface area contributed by atoms with Gasteiger partial charge in [-0.1, -0.05) is 66.8 Å². The Kier molecular flexibility index (Phi) is 8.08. The quantitative estimate of drug-likeness (QED) is 0.403. The van der Waals surface area contributed by atoms with Gasteiger partial charge in [0.15, 0.2) is 0 Å². The zero-order chi connectivity index (χ0) is 22.1. The monoisotopic (exact) mass is 413 g/mol. The van der Waals surface area contributed by atoms with E-state index in [0.717, 1.165) is 46.5 Å². The Morgan fingerprint density at radius 2 is 1.71 bits per heavy atom. The molecule has 0 heterocycles. The van der Waals surface area contributed by atoms with Crippen LogP contribution in [0, 0.1) is 0 Å². The maximum atomic E-state index is 10.2. The lowest BCUT2D eigenvalue weighted by atomic mass is 9.98. The van der Waals surface area contributed by atoms with E-state index in [1.165, 1.54) is 0 Å². The summed E-state index contributed by atoms with van der Waals surface area (Å²) in [7, 11) is 1.96. The first-order chi connectivity index (χ1) is 15.2. The second kappa shape index (κ2) is 11.2. The third kappa shape index (κ3) is 5.87. The molecule has 3 rings (SSSR count). The average molecular weight is 414 g/mol. The second-order valence-electron chi connectivity index (χ2n) is 7.44. The third-order valence-electron chi connectivity index (χ3n) is 5.14. The first kappa shape index (κ1) is 22.4. The molecule has 31 heavy (non-hydrogen) atoms. The fraction of sp³-hybridized carbons (Fsp3) is 0.214. The molecule has 0 bridgehead atoms. The molecule has 0 fully saturated rings. The van der Waals surface area contributed by atoms with Crippen LogP contribution < -0.4 is 10.1 Å². The van der Waals surface area contributed by atoms with Crippen LogP contribution in [0.2, 0.25) is 0 Å². The molecule has 1 unspecified atom stereocenters. The molecule has 160 valence electrons. The zero-order valence-corrected chi connectivity index (χ0v) is 18.5. The van der Waals surface area contributed by atoms with Crippen molar-refractivity contribution in [3.8, 4) is 22.6 Å². The van der Waals surface area contributed by atoms with Crippen molar-refractivity contribution in [3.05, 3.63) is 95.6 Å². The van der Waals surface area contributed by atoms with Gasteiger partial charge in [0.05, 0.1) is 0 Å². The van der Waals surface area contributed by atoms with Crippen LogP contribution in [0.5, 0.6) is 11.5 Å². The lowest BCUT2D eigenvalue weighted by Crippen LogP contribution is -2.16. The zero-order valence-electron chi connectivity index (χ0n) is 18.5. The maximum Gasteiger partial charge on any atom is 0.128 e. The first-order valence-corrected chi connectivity index (χ1v) is 10.7. The molecule has 3 heteroatoms. The van der Waals surface area contributed by atoms with Gasteiger partial charge in [0, 0.05) is 17.5 Å². The van der Waals surface area contributed by atoms with Gasteiger partial charge in [-0.05, 0) is 68.4 Å². The summed E-state index contributed by atoms with van der Waals surface area (Å²) in [5, 5.41) is 13.4. The Morgan fingerprint density at radius 1 is 0.935 bits per heavy atom. The Bertz CT molecular complexity index is 1040. The molecular weight excluding hydrogens is 382 g/mol. The van der Waals surface area contributed by atoms with E-state index in [-0.39, 0.29) is 11.9 Å². The van der Waals surface area contributed by atoms with Gasteiger partial charge in [0.2, 0.25) is 0 Å². The fourth-order valence-electron chi connectivity index (χ4n) is 3.60. The van der Waals surface area contributed by atoms with Gasteiger partial charge in [-0.3, -0.25) is 0 Å². The number of aromatic hydroxyl groups is 1. The number of rotatable bonds is 9. The van der Waals surface area contributed by atoms with Gasteiger partial charge in [0.1, 0.15) is 17.6 Å². The number of phenols is 1. The van der Waals surface area contributed by atoms with E-state index < -0.39 is 0 Å². The van der Waals surface area contributed by atoms with E-state index in [1.807, 2.05) is 75.5 Å². The number of ether oxygens (including phenoxy) is 1. The van der Waals surface area contributed by atoms with Crippen LogP contribution in [0.1, 0.15) is 43.1 Å². The van der Waals surface area contributed by atoms with E-state index in [1.54, 1.807) is 6.07 Å². The molecule has 0 aliphatic carbocycles. The van der Waals surface area contributed by atoms with Gasteiger partial charge in [0.25, 0.3) is 0 Å². The van der Waals surface area contributed by atoms with Crippen molar-refractivity contribution in [1.29, 1.82) is 0 Å². The topological polar surface area (TPSA) is 41.5 Å². The number of hydrogen-bond acceptors (Lipinski definition) is 3. The summed E-state index contributed by atoms with van der Waals surface area (Å²) >= 11 is 0. The predicted octanol–water partition coefficient (Wildman–Crippen LogP) is 6.86. The molecule has 0 saturated carbocycles. The SMILES string of the molecule is C/C=C/c1ccc(OC(CCNC)c2ccccc2)c(-c2ccc(O)c(/C=C/C)c2)c1. The molecule has 0 saturated heterocycles. The van der Waals surface area contributed by atoms with Crippen LogP contribution >= 0.6 is 0 Å². The van der Waals surface area contributed by atoms with Gasteiger partial charge in [-0.2, -0.15) is 0 Å². The highest BCUT2D eigenvalue weighted by Crippen LogP contribution is 2.37. The highest BCUT2D eigenvalue weighted by atomic mass is 16.5. The van der Waals surface area contributed by atoms with Crippen molar-refractivity contribution in [1.82, 2.24) is 5.32 Å². The molecule has 3 aromatic carbocycles. The Morgan fingerprint density at radius 3 is 2.42 bits per heavy atom. The highest BCUT2D eigenvalue weighted by Gasteiger charge is 2.17. The number of nitrogens with one attached hydrogen (secondary N) is 1. The van der Waals surface area contributed by atoms with Crippen LogP contribution in [0.3, 0.4) is 0 Å². The molecule has 0 aliphatic heterocycles. The van der Waals surface area contributed by atoms with E-state index in [9.17, 15) is 5.11 Å². The van der Waals surface area contributed by atoms with Gasteiger partial charge < -0.3 is 15.2 Å². The standard InChI is InChI=1S/C28H31NO2/c1-4-9-21-13-16-28(31-27(17-18-29-3)22-11-7-6-8-12-22)25(19-21)23-14-15-26(30)24(20-23)10-5-2/h4-16,19-20,27,29-30H,17-18H2,1-3H3/b9-4+,10-5+. The van der Waals surface area contributed by atoms with E-state index in [2.05, 4.69) is 35.7 Å². The summed E-state index contributed by atoms with van der Waals surface area (Å²) < 4.78 is 6.61. The van der Waals surface area contributed by atoms with Crippen LogP contribution in [0.15, 0.2) is 78.9 Å². The summed E-state index contributed by atoms with van der Waals surface area (Å²) in [4.78, 5) is 0. The second-order valence-corrected chi connectivity index (χ2v) is 7.44. The van der Waals surface area contributed by atoms with E-state index in [4.69, 9.17) is 4.74 Å². The molecule has 3 nitrogen and oxygen atoms in total. The van der Waals surface area contributed by atoms with Crippen molar-refractivity contribution < 1.29 is 9.84 Å². The molecule has 0 aromatic heterocycles. The molecule has 2 N–H and O–H groups in total. The molecule has 0 amide bonds. The van der Waals surface area contributed by atoms with Crippen molar-refractivity contribution in [2.24, 2.45) is 0 Å². The first-order valence-electron chi connectivity index (χ1n) is 10.7. The summed E-state index contributed by atoms with van der Waals surface area (Å²) in [6.45, 7) is 4.81. The summed E-state index contributed by atoms with van der Waals surface area (Å²) in [6.07, 6.45) is 8.74. The lowest BCUT2D eigenvalue weighted by molar-refractivity contribution is 0.196. The van der Waals surface area contributed by atoms with E-state index in [0.29, 0.717) is 0 Å². The minimum Gasteiger partial charge on any atom is -0.507 e. The van der Waals surface area contributed by atoms with Crippen LogP contribution in [-0.2, 0) is 0 Å². The summed E-state index contributed by atoms with van der Waals surface area (Å²) in [5.41, 5.74) is 5.06. The molecule has 0 radical (unpaired) electrons. The minimum atomic E-state index is -0.0629. The Labute approximate surface area is 185 Å². The van der Waals surface area contributed by atoms with Crippen LogP contribution in [0.25, 0.3) is 23.3 Å². The summed E-state index contributed by atoms with van der Waals surface area (Å²) in [6, 6.07) is 22.3. The van der Waals surface area contributed by atoms with Crippen molar-refractivity contribution >= 4 is 12.2 Å². The lowest BCUT2D eigenvalue weighted by Gasteiger charge is -2.22. The van der Waals surface area contributed by atoms with Gasteiger partial charge >= 0.3 is 0 Å². The van der Waals surface area contributed by atoms with Gasteiger partial charge in [-0.15, -0.1) is 0 Å². The van der Waals surface area contributed by atoms with Gasteiger partial charge in [-0.25, -0.2) is 0 Å². The summed E-state index contributed by atoms with van der Waals surface area (Å²) in [5.74, 6) is 1.10. The number of allylic oxidation sites excluding steroid dienone is 2. The number of benzene rings is 3. The van der Waals surface area contributed by atoms with Crippen LogP contribution in [-0.4, -0.2) is 18.7 Å². The average Bonchev–Trinajstić information content (AvgIpc) is 2.80. The van der Waals surface area contributed by atoms with Crippen molar-refractivity contribution in [2.45, 2.75) is 26.4 Å². The molecule has 0 spiro atoms. The minimum absolute atomic E-state index is 0.0629. The normalized spacial score (nSPS) is 12.5. The maximum absolute atomic E-state index is 10.2. The predicted molar refractivity (Wildman–Crippen MR) is 131 cm³/mol. The highest BCUT2D eigenvalue weighted by molar-refractivity contribution is 5.77. The van der Waals surface area contributed by atoms with Crippen molar-refractivity contribution in [3.63, 3.8) is 0 Å². The Hall–Kier alpha value is -3.30. The Balaban J connectivity index is 2.06.